The van der Waals surface area contributed by atoms with Crippen LogP contribution in [0.4, 0.5) is 0 Å². The molecule has 5 heteroatoms. The quantitative estimate of drug-likeness (QED) is 0.457. The highest BCUT2D eigenvalue weighted by Crippen LogP contribution is 2.31. The molecule has 0 heterocycles. The number of hydrogen-bond donors (Lipinski definition) is 1. The zero-order valence-electron chi connectivity index (χ0n) is 10.2. The molecule has 19 heavy (non-hydrogen) atoms. The Bertz CT molecular complexity index is 607. The molecule has 0 saturated heterocycles. The van der Waals surface area contributed by atoms with E-state index < -0.39 is 3.79 Å². The summed E-state index contributed by atoms with van der Waals surface area (Å²) >= 11 is 16.8. The molecule has 0 fully saturated rings. The number of hydrogen-bond acceptors (Lipinski definition) is 2. The fourth-order valence-electron chi connectivity index (χ4n) is 1.77. The lowest BCUT2D eigenvalue weighted by Gasteiger charge is -2.19. The molecule has 1 N–H and O–H groups in total. The summed E-state index contributed by atoms with van der Waals surface area (Å²) in [5.74, 6) is -0.377. The summed E-state index contributed by atoms with van der Waals surface area (Å²) in [5.41, 5.74) is 0.928. The minimum absolute atomic E-state index is 0.354. The van der Waals surface area contributed by atoms with Gasteiger partial charge < -0.3 is 4.74 Å². The molecular weight excluding hydrogens is 305 g/mol. The average Bonchev–Trinajstić information content (AvgIpc) is 2.37. The van der Waals surface area contributed by atoms with Crippen LogP contribution in [0.15, 0.2) is 42.5 Å². The smallest absolute Gasteiger partial charge is 0.265 e. The van der Waals surface area contributed by atoms with E-state index in [9.17, 15) is 0 Å². The fraction of sp³-hybridized carbons (Fsp3) is 0.214. The number of fused-ring (bicyclic) bond motifs is 1. The van der Waals surface area contributed by atoms with Crippen molar-refractivity contribution in [2.75, 3.05) is 0 Å². The topological polar surface area (TPSA) is 33.1 Å². The van der Waals surface area contributed by atoms with Gasteiger partial charge in [0, 0.05) is 0 Å². The number of rotatable bonds is 2. The zero-order valence-corrected chi connectivity index (χ0v) is 12.4. The van der Waals surface area contributed by atoms with Crippen LogP contribution in [0.2, 0.25) is 0 Å². The summed E-state index contributed by atoms with van der Waals surface area (Å²) in [6.07, 6.45) is -0.354. The Balaban J connectivity index is 2.22. The van der Waals surface area contributed by atoms with E-state index in [0.717, 1.165) is 16.3 Å². The van der Waals surface area contributed by atoms with Crippen LogP contribution in [0, 0.1) is 5.41 Å². The van der Waals surface area contributed by atoms with Crippen LogP contribution in [0.3, 0.4) is 0 Å². The van der Waals surface area contributed by atoms with Gasteiger partial charge in [-0.25, -0.2) is 0 Å². The Labute approximate surface area is 126 Å². The molecule has 2 aromatic rings. The monoisotopic (exact) mass is 315 g/mol. The summed E-state index contributed by atoms with van der Waals surface area (Å²) in [6.45, 7) is 1.81. The van der Waals surface area contributed by atoms with Crippen LogP contribution >= 0.6 is 34.8 Å². The van der Waals surface area contributed by atoms with E-state index in [4.69, 9.17) is 44.9 Å². The van der Waals surface area contributed by atoms with Crippen molar-refractivity contribution in [3.05, 3.63) is 48.0 Å². The van der Waals surface area contributed by atoms with Gasteiger partial charge in [0.2, 0.25) is 5.90 Å². The Morgan fingerprint density at radius 1 is 1.11 bits per heavy atom. The van der Waals surface area contributed by atoms with Crippen molar-refractivity contribution in [2.45, 2.75) is 16.8 Å². The van der Waals surface area contributed by atoms with Gasteiger partial charge in [-0.15, -0.1) is 0 Å². The van der Waals surface area contributed by atoms with Gasteiger partial charge in [-0.05, 0) is 29.3 Å². The van der Waals surface area contributed by atoms with Gasteiger partial charge in [0.1, 0.15) is 6.10 Å². The largest absolute Gasteiger partial charge is 0.470 e. The molecule has 0 aliphatic carbocycles. The maximum absolute atomic E-state index is 7.56. The summed E-state index contributed by atoms with van der Waals surface area (Å²) in [5, 5.41) is 9.82. The Hall–Kier alpha value is -0.960. The van der Waals surface area contributed by atoms with Crippen molar-refractivity contribution in [1.29, 1.82) is 5.41 Å². The number of ether oxygens (including phenoxy) is 1. The highest BCUT2D eigenvalue weighted by Gasteiger charge is 2.30. The first-order valence-corrected chi connectivity index (χ1v) is 6.82. The summed E-state index contributed by atoms with van der Waals surface area (Å²) in [4.78, 5) is 0. The van der Waals surface area contributed by atoms with E-state index in [1.54, 1.807) is 0 Å². The zero-order chi connectivity index (χ0) is 14.0. The lowest BCUT2D eigenvalue weighted by atomic mass is 10.0. The van der Waals surface area contributed by atoms with Gasteiger partial charge in [0.15, 0.2) is 0 Å². The molecule has 0 aliphatic heterocycles. The van der Waals surface area contributed by atoms with Crippen molar-refractivity contribution < 1.29 is 4.74 Å². The van der Waals surface area contributed by atoms with Crippen LogP contribution in [0.1, 0.15) is 18.6 Å². The first-order valence-electron chi connectivity index (χ1n) is 5.69. The van der Waals surface area contributed by atoms with Gasteiger partial charge in [-0.3, -0.25) is 5.41 Å². The maximum Gasteiger partial charge on any atom is 0.265 e. The molecule has 0 saturated carbocycles. The third kappa shape index (κ3) is 3.53. The molecule has 0 radical (unpaired) electrons. The Kier molecular flexibility index (Phi) is 4.24. The normalized spacial score (nSPS) is 13.3. The van der Waals surface area contributed by atoms with Crippen molar-refractivity contribution in [3.8, 4) is 0 Å². The number of halogens is 3. The van der Waals surface area contributed by atoms with Crippen molar-refractivity contribution in [1.82, 2.24) is 0 Å². The van der Waals surface area contributed by atoms with Gasteiger partial charge in [0.25, 0.3) is 3.79 Å². The number of benzene rings is 2. The van der Waals surface area contributed by atoms with E-state index in [1.165, 1.54) is 0 Å². The van der Waals surface area contributed by atoms with Crippen LogP contribution in [0.5, 0.6) is 0 Å². The second kappa shape index (κ2) is 5.58. The molecule has 0 aromatic heterocycles. The van der Waals surface area contributed by atoms with E-state index in [2.05, 4.69) is 0 Å². The first kappa shape index (κ1) is 14.4. The molecular formula is C14H12Cl3NO. The van der Waals surface area contributed by atoms with E-state index in [0.29, 0.717) is 0 Å². The molecule has 0 spiro atoms. The van der Waals surface area contributed by atoms with Gasteiger partial charge in [-0.1, -0.05) is 71.2 Å². The third-order valence-electron chi connectivity index (χ3n) is 2.80. The number of alkyl halides is 3. The standard InChI is InChI=1S/C14H12Cl3NO/c1-9(19-13(18)14(15,16)17)11-7-6-10-4-2-3-5-12(10)8-11/h2-9,18H,1H3. The molecule has 2 rings (SSSR count). The van der Waals surface area contributed by atoms with Crippen LogP contribution in [-0.2, 0) is 4.74 Å². The molecule has 1 unspecified atom stereocenters. The van der Waals surface area contributed by atoms with Crippen molar-refractivity contribution in [2.24, 2.45) is 0 Å². The molecule has 2 aromatic carbocycles. The summed E-state index contributed by atoms with van der Waals surface area (Å²) in [7, 11) is 0. The Morgan fingerprint density at radius 2 is 1.74 bits per heavy atom. The van der Waals surface area contributed by atoms with Gasteiger partial charge >= 0.3 is 0 Å². The molecule has 0 aliphatic rings. The second-order valence-corrected chi connectivity index (χ2v) is 6.47. The Morgan fingerprint density at radius 3 is 2.37 bits per heavy atom. The van der Waals surface area contributed by atoms with Gasteiger partial charge in [-0.2, -0.15) is 0 Å². The SMILES string of the molecule is CC(OC(=N)C(Cl)(Cl)Cl)c1ccc2ccccc2c1. The van der Waals surface area contributed by atoms with Crippen molar-refractivity contribution >= 4 is 51.5 Å². The maximum atomic E-state index is 7.56. The first-order chi connectivity index (χ1) is 8.88. The fourth-order valence-corrected chi connectivity index (χ4v) is 1.91. The molecule has 2 nitrogen and oxygen atoms in total. The van der Waals surface area contributed by atoms with E-state index >= 15 is 0 Å². The molecule has 0 amide bonds. The molecule has 0 bridgehead atoms. The van der Waals surface area contributed by atoms with Crippen LogP contribution in [0.25, 0.3) is 10.8 Å². The highest BCUT2D eigenvalue weighted by atomic mass is 35.6. The highest BCUT2D eigenvalue weighted by molar-refractivity contribution is 6.76. The van der Waals surface area contributed by atoms with Crippen LogP contribution < -0.4 is 0 Å². The van der Waals surface area contributed by atoms with Crippen molar-refractivity contribution in [3.63, 3.8) is 0 Å². The number of nitrogens with one attached hydrogen (secondary N) is 1. The van der Waals surface area contributed by atoms with E-state index in [-0.39, 0.29) is 12.0 Å². The average molecular weight is 317 g/mol. The predicted octanol–water partition coefficient (Wildman–Crippen LogP) is 5.26. The second-order valence-electron chi connectivity index (χ2n) is 4.19. The minimum atomic E-state index is -1.83. The summed E-state index contributed by atoms with van der Waals surface area (Å²) < 4.78 is 3.51. The lowest BCUT2D eigenvalue weighted by Crippen LogP contribution is -2.22. The van der Waals surface area contributed by atoms with Crippen LogP contribution in [-0.4, -0.2) is 9.69 Å². The molecule has 1 atom stereocenters. The molecule has 100 valence electrons. The lowest BCUT2D eigenvalue weighted by molar-refractivity contribution is 0.206. The van der Waals surface area contributed by atoms with Gasteiger partial charge in [0.05, 0.1) is 0 Å². The van der Waals surface area contributed by atoms with E-state index in [1.807, 2.05) is 49.4 Å². The summed E-state index contributed by atoms with van der Waals surface area (Å²) in [6, 6.07) is 14.0. The predicted molar refractivity (Wildman–Crippen MR) is 81.5 cm³/mol. The minimum Gasteiger partial charge on any atom is -0.470 e. The third-order valence-corrected chi connectivity index (χ3v) is 3.31.